The monoisotopic (exact) mass is 258 g/mol. The van der Waals surface area contributed by atoms with Gasteiger partial charge in [-0.05, 0) is 0 Å². The molecule has 2 saturated heterocycles. The maximum Gasteiger partial charge on any atom is 0.320 e. The quantitative estimate of drug-likeness (QED) is 0.720. The van der Waals surface area contributed by atoms with Crippen molar-refractivity contribution in [1.29, 1.82) is 0 Å². The van der Waals surface area contributed by atoms with Gasteiger partial charge in [0.2, 0.25) is 0 Å². The van der Waals surface area contributed by atoms with Crippen molar-refractivity contribution in [1.82, 2.24) is 9.80 Å². The molecule has 2 fully saturated rings. The largest absolute Gasteiger partial charge is 0.481 e. The van der Waals surface area contributed by atoms with E-state index in [1.54, 1.807) is 11.9 Å². The zero-order valence-electron chi connectivity index (χ0n) is 10.4. The Hall–Kier alpha value is -1.34. The molecule has 2 atom stereocenters. The third-order valence-electron chi connectivity index (χ3n) is 3.45. The number of urea groups is 1. The minimum atomic E-state index is -0.917. The van der Waals surface area contributed by atoms with Gasteiger partial charge in [-0.25, -0.2) is 4.79 Å². The Bertz CT molecular complexity index is 329. The van der Waals surface area contributed by atoms with Crippen molar-refractivity contribution < 1.29 is 24.2 Å². The van der Waals surface area contributed by atoms with Crippen molar-refractivity contribution in [3.8, 4) is 0 Å². The van der Waals surface area contributed by atoms with Crippen molar-refractivity contribution in [3.05, 3.63) is 0 Å². The van der Waals surface area contributed by atoms with Gasteiger partial charge in [0.15, 0.2) is 0 Å². The lowest BCUT2D eigenvalue weighted by Gasteiger charge is -2.34. The van der Waals surface area contributed by atoms with Crippen LogP contribution in [-0.4, -0.2) is 79.5 Å². The number of carboxylic acids is 1. The average molecular weight is 258 g/mol. The van der Waals surface area contributed by atoms with E-state index < -0.39 is 17.9 Å². The maximum absolute atomic E-state index is 12.2. The first-order valence-electron chi connectivity index (χ1n) is 6.01. The Morgan fingerprint density at radius 3 is 2.50 bits per heavy atom. The van der Waals surface area contributed by atoms with Crippen LogP contribution in [0.4, 0.5) is 4.79 Å². The van der Waals surface area contributed by atoms with E-state index in [0.717, 1.165) is 0 Å². The van der Waals surface area contributed by atoms with E-state index in [-0.39, 0.29) is 19.2 Å². The molecule has 2 unspecified atom stereocenters. The zero-order chi connectivity index (χ0) is 13.1. The summed E-state index contributed by atoms with van der Waals surface area (Å²) in [6, 6.07) is -0.544. The topological polar surface area (TPSA) is 79.3 Å². The molecule has 0 radical (unpaired) electrons. The Morgan fingerprint density at radius 1 is 1.22 bits per heavy atom. The molecule has 0 aromatic heterocycles. The molecule has 0 saturated carbocycles. The number of likely N-dealkylation sites (N-methyl/N-ethyl adjacent to an activating group) is 1. The number of morpholine rings is 1. The van der Waals surface area contributed by atoms with Crippen molar-refractivity contribution in [2.45, 2.75) is 6.04 Å². The molecule has 2 heterocycles. The van der Waals surface area contributed by atoms with Gasteiger partial charge in [0.25, 0.3) is 0 Å². The van der Waals surface area contributed by atoms with E-state index in [2.05, 4.69) is 0 Å². The lowest BCUT2D eigenvalue weighted by molar-refractivity contribution is -0.142. The number of carboxylic acid groups (broad SMARTS) is 1. The van der Waals surface area contributed by atoms with Gasteiger partial charge in [-0.1, -0.05) is 0 Å². The number of rotatable bonds is 2. The summed E-state index contributed by atoms with van der Waals surface area (Å²) in [6.07, 6.45) is 0. The summed E-state index contributed by atoms with van der Waals surface area (Å²) >= 11 is 0. The van der Waals surface area contributed by atoms with Gasteiger partial charge in [0.1, 0.15) is 5.92 Å². The van der Waals surface area contributed by atoms with Crippen LogP contribution in [0.25, 0.3) is 0 Å². The number of hydrogen-bond donors (Lipinski definition) is 1. The van der Waals surface area contributed by atoms with Crippen LogP contribution in [0.2, 0.25) is 0 Å². The van der Waals surface area contributed by atoms with Crippen LogP contribution in [0.1, 0.15) is 0 Å². The number of hydrogen-bond acceptors (Lipinski definition) is 4. The Labute approximate surface area is 105 Å². The SMILES string of the molecule is CN(C(=O)N1CCOCC1)C1COCC1C(=O)O. The molecule has 2 amide bonds. The zero-order valence-corrected chi connectivity index (χ0v) is 10.4. The molecule has 102 valence electrons. The second kappa shape index (κ2) is 5.53. The second-order valence-electron chi connectivity index (χ2n) is 4.54. The van der Waals surface area contributed by atoms with Crippen LogP contribution in [0, 0.1) is 5.92 Å². The highest BCUT2D eigenvalue weighted by Crippen LogP contribution is 2.20. The number of carbonyl (C=O) groups excluding carboxylic acids is 1. The van der Waals surface area contributed by atoms with Gasteiger partial charge < -0.3 is 24.4 Å². The molecule has 1 N–H and O–H groups in total. The molecule has 0 bridgehead atoms. The fourth-order valence-electron chi connectivity index (χ4n) is 2.28. The summed E-state index contributed by atoms with van der Waals surface area (Å²) in [7, 11) is 1.63. The molecule has 0 spiro atoms. The van der Waals surface area contributed by atoms with Gasteiger partial charge in [-0.15, -0.1) is 0 Å². The Kier molecular flexibility index (Phi) is 4.03. The maximum atomic E-state index is 12.2. The summed E-state index contributed by atoms with van der Waals surface area (Å²) < 4.78 is 10.4. The molecular formula is C11H18N2O5. The van der Waals surface area contributed by atoms with Crippen LogP contribution in [0.5, 0.6) is 0 Å². The van der Waals surface area contributed by atoms with Crippen LogP contribution in [0.15, 0.2) is 0 Å². The summed E-state index contributed by atoms with van der Waals surface area (Å²) in [4.78, 5) is 26.4. The van der Waals surface area contributed by atoms with Gasteiger partial charge in [0, 0.05) is 20.1 Å². The normalized spacial score (nSPS) is 28.2. The van der Waals surface area contributed by atoms with Crippen molar-refractivity contribution in [2.75, 3.05) is 46.6 Å². The number of amides is 2. The van der Waals surface area contributed by atoms with Crippen molar-refractivity contribution in [3.63, 3.8) is 0 Å². The van der Waals surface area contributed by atoms with Crippen LogP contribution in [0.3, 0.4) is 0 Å². The fraction of sp³-hybridized carbons (Fsp3) is 0.818. The highest BCUT2D eigenvalue weighted by Gasteiger charge is 2.39. The molecule has 0 aromatic rings. The first-order chi connectivity index (χ1) is 8.61. The summed E-state index contributed by atoms with van der Waals surface area (Å²) in [5.74, 6) is -1.56. The number of aliphatic carboxylic acids is 1. The lowest BCUT2D eigenvalue weighted by atomic mass is 10.0. The second-order valence-corrected chi connectivity index (χ2v) is 4.54. The molecule has 2 aliphatic rings. The van der Waals surface area contributed by atoms with E-state index >= 15 is 0 Å². The highest BCUT2D eigenvalue weighted by atomic mass is 16.5. The van der Waals surface area contributed by atoms with Gasteiger partial charge in [-0.3, -0.25) is 4.79 Å². The Balaban J connectivity index is 1.98. The van der Waals surface area contributed by atoms with Crippen LogP contribution < -0.4 is 0 Å². The predicted octanol–water partition coefficient (Wildman–Crippen LogP) is -0.530. The van der Waals surface area contributed by atoms with E-state index in [4.69, 9.17) is 14.6 Å². The van der Waals surface area contributed by atoms with Gasteiger partial charge in [0.05, 0.1) is 32.5 Å². The third kappa shape index (κ3) is 2.56. The van der Waals surface area contributed by atoms with Gasteiger partial charge in [-0.2, -0.15) is 0 Å². The van der Waals surface area contributed by atoms with E-state index in [0.29, 0.717) is 26.3 Å². The molecule has 2 rings (SSSR count). The number of ether oxygens (including phenoxy) is 2. The minimum Gasteiger partial charge on any atom is -0.481 e. The molecule has 0 aliphatic carbocycles. The molecule has 18 heavy (non-hydrogen) atoms. The molecule has 2 aliphatic heterocycles. The van der Waals surface area contributed by atoms with Crippen molar-refractivity contribution >= 4 is 12.0 Å². The predicted molar refractivity (Wildman–Crippen MR) is 61.3 cm³/mol. The average Bonchev–Trinajstić information content (AvgIpc) is 2.87. The van der Waals surface area contributed by atoms with E-state index in [9.17, 15) is 9.59 Å². The van der Waals surface area contributed by atoms with E-state index in [1.165, 1.54) is 4.90 Å². The van der Waals surface area contributed by atoms with Crippen molar-refractivity contribution in [2.24, 2.45) is 5.92 Å². The van der Waals surface area contributed by atoms with Crippen LogP contribution in [-0.2, 0) is 14.3 Å². The lowest BCUT2D eigenvalue weighted by Crippen LogP contribution is -2.52. The molecule has 0 aromatic carbocycles. The molecular weight excluding hydrogens is 240 g/mol. The minimum absolute atomic E-state index is 0.153. The summed E-state index contributed by atoms with van der Waals surface area (Å²) in [6.45, 7) is 2.61. The molecule has 7 heteroatoms. The fourth-order valence-corrected chi connectivity index (χ4v) is 2.28. The smallest absolute Gasteiger partial charge is 0.320 e. The third-order valence-corrected chi connectivity index (χ3v) is 3.45. The van der Waals surface area contributed by atoms with Crippen LogP contribution >= 0.6 is 0 Å². The standard InChI is InChI=1S/C11H18N2O5/c1-12(9-7-18-6-8(9)10(14)15)11(16)13-2-4-17-5-3-13/h8-9H,2-7H2,1H3,(H,14,15). The van der Waals surface area contributed by atoms with E-state index in [1.807, 2.05) is 0 Å². The number of nitrogens with zero attached hydrogens (tertiary/aromatic N) is 2. The Morgan fingerprint density at radius 2 is 1.89 bits per heavy atom. The number of carbonyl (C=O) groups is 2. The summed E-state index contributed by atoms with van der Waals surface area (Å²) in [5.41, 5.74) is 0. The molecule has 7 nitrogen and oxygen atoms in total. The van der Waals surface area contributed by atoms with Gasteiger partial charge >= 0.3 is 12.0 Å². The highest BCUT2D eigenvalue weighted by molar-refractivity contribution is 5.77. The summed E-state index contributed by atoms with van der Waals surface area (Å²) in [5, 5.41) is 9.07. The first-order valence-corrected chi connectivity index (χ1v) is 6.01. The first kappa shape index (κ1) is 13.1.